The van der Waals surface area contributed by atoms with Gasteiger partial charge in [-0.05, 0) is 25.1 Å². The van der Waals surface area contributed by atoms with Crippen LogP contribution < -0.4 is 21.5 Å². The number of nitrogens with one attached hydrogen (secondary N) is 1. The summed E-state index contributed by atoms with van der Waals surface area (Å²) < 4.78 is 3.75. The Kier molecular flexibility index (Phi) is 5.19. The minimum atomic E-state index is -1.57. The maximum absolute atomic E-state index is 12.9. The fraction of sp³-hybridized carbons (Fsp3) is 0.136. The van der Waals surface area contributed by atoms with Gasteiger partial charge < -0.3 is 15.2 Å². The van der Waals surface area contributed by atoms with Crippen molar-refractivity contribution < 1.29 is 14.7 Å². The number of aromatic nitrogens is 4. The third-order valence-corrected chi connectivity index (χ3v) is 5.17. The number of amides is 1. The topological polar surface area (TPSA) is 131 Å². The molecule has 2 aromatic carbocycles. The summed E-state index contributed by atoms with van der Waals surface area (Å²) in [6.45, 7) is 1.09. The van der Waals surface area contributed by atoms with Gasteiger partial charge in [0.15, 0.2) is 0 Å². The second-order valence-electron chi connectivity index (χ2n) is 7.13. The smallest absolute Gasteiger partial charge is 0.295 e. The summed E-state index contributed by atoms with van der Waals surface area (Å²) in [5.74, 6) is -2.27. The first-order valence-corrected chi connectivity index (χ1v) is 9.64. The molecule has 10 nitrogen and oxygen atoms in total. The van der Waals surface area contributed by atoms with Gasteiger partial charge in [0.05, 0.1) is 22.7 Å². The van der Waals surface area contributed by atoms with Crippen molar-refractivity contribution in [3.63, 3.8) is 0 Å². The van der Waals surface area contributed by atoms with Crippen LogP contribution in [-0.4, -0.2) is 31.0 Å². The second kappa shape index (κ2) is 7.99. The number of hydrogen-bond donors (Lipinski definition) is 1. The lowest BCUT2D eigenvalue weighted by molar-refractivity contribution is -0.255. The number of benzene rings is 2. The predicted molar refractivity (Wildman–Crippen MR) is 115 cm³/mol. The van der Waals surface area contributed by atoms with Crippen molar-refractivity contribution in [2.45, 2.75) is 13.5 Å². The standard InChI is InChI=1S/C22H19N5O5/c1-13-18(21(30)27(25(13)2)14-8-4-3-5-9-14)23-17(28)12-26-20(29)16-11-7-6-10-15(16)19(24-26)22(31)32/h3-11H,12H2,1-2H3,(H,23,28)(H,31,32)/p-1. The Morgan fingerprint density at radius 2 is 1.59 bits per heavy atom. The van der Waals surface area contributed by atoms with Crippen LogP contribution in [0.2, 0.25) is 0 Å². The summed E-state index contributed by atoms with van der Waals surface area (Å²) in [5, 5.41) is 18.0. The molecule has 0 saturated carbocycles. The van der Waals surface area contributed by atoms with E-state index in [1.165, 1.54) is 16.8 Å². The van der Waals surface area contributed by atoms with Gasteiger partial charge in [-0.25, -0.2) is 9.36 Å². The molecule has 2 heterocycles. The fourth-order valence-corrected chi connectivity index (χ4v) is 3.52. The largest absolute Gasteiger partial charge is 0.543 e. The molecule has 0 aliphatic carbocycles. The molecule has 32 heavy (non-hydrogen) atoms. The number of fused-ring (bicyclic) bond motifs is 1. The SMILES string of the molecule is Cc1c(NC(=O)Cn2nc(C(=O)[O-])c3ccccc3c2=O)c(=O)n(-c2ccccc2)n1C. The van der Waals surface area contributed by atoms with Crippen LogP contribution in [0.5, 0.6) is 0 Å². The Bertz CT molecular complexity index is 1480. The van der Waals surface area contributed by atoms with Gasteiger partial charge in [0.25, 0.3) is 11.1 Å². The van der Waals surface area contributed by atoms with Crippen LogP contribution in [0.1, 0.15) is 16.2 Å². The number of aromatic carboxylic acids is 1. The molecule has 0 bridgehead atoms. The van der Waals surface area contributed by atoms with Crippen molar-refractivity contribution in [1.29, 1.82) is 0 Å². The average molecular weight is 432 g/mol. The molecule has 162 valence electrons. The van der Waals surface area contributed by atoms with Crippen molar-refractivity contribution in [1.82, 2.24) is 19.1 Å². The van der Waals surface area contributed by atoms with E-state index >= 15 is 0 Å². The zero-order valence-corrected chi connectivity index (χ0v) is 17.2. The highest BCUT2D eigenvalue weighted by atomic mass is 16.4. The summed E-state index contributed by atoms with van der Waals surface area (Å²) in [7, 11) is 1.68. The molecule has 0 aliphatic heterocycles. The van der Waals surface area contributed by atoms with Crippen LogP contribution in [0.3, 0.4) is 0 Å². The lowest BCUT2D eigenvalue weighted by Gasteiger charge is -2.11. The van der Waals surface area contributed by atoms with Crippen LogP contribution in [-0.2, 0) is 18.4 Å². The van der Waals surface area contributed by atoms with Crippen LogP contribution in [0.25, 0.3) is 16.5 Å². The third-order valence-electron chi connectivity index (χ3n) is 5.17. The van der Waals surface area contributed by atoms with E-state index < -0.39 is 35.2 Å². The zero-order chi connectivity index (χ0) is 23.0. The Morgan fingerprint density at radius 3 is 2.25 bits per heavy atom. The second-order valence-corrected chi connectivity index (χ2v) is 7.13. The molecular weight excluding hydrogens is 414 g/mol. The number of para-hydroxylation sites is 1. The minimum Gasteiger partial charge on any atom is -0.543 e. The Hall–Kier alpha value is -4.47. The molecule has 0 radical (unpaired) electrons. The third kappa shape index (κ3) is 3.47. The van der Waals surface area contributed by atoms with Crippen molar-refractivity contribution >= 4 is 28.3 Å². The van der Waals surface area contributed by atoms with Gasteiger partial charge in [0.1, 0.15) is 17.9 Å². The zero-order valence-electron chi connectivity index (χ0n) is 17.2. The molecule has 0 unspecified atom stereocenters. The van der Waals surface area contributed by atoms with E-state index in [0.717, 1.165) is 4.68 Å². The highest BCUT2D eigenvalue weighted by Gasteiger charge is 2.19. The lowest BCUT2D eigenvalue weighted by Crippen LogP contribution is -2.34. The molecule has 0 spiro atoms. The molecule has 0 atom stereocenters. The van der Waals surface area contributed by atoms with Gasteiger partial charge in [-0.15, -0.1) is 0 Å². The van der Waals surface area contributed by atoms with E-state index in [-0.39, 0.29) is 16.5 Å². The van der Waals surface area contributed by atoms with E-state index in [9.17, 15) is 24.3 Å². The molecule has 4 rings (SSSR count). The molecule has 1 N–H and O–H groups in total. The predicted octanol–water partition coefficient (Wildman–Crippen LogP) is 0.197. The monoisotopic (exact) mass is 432 g/mol. The molecule has 0 aliphatic rings. The maximum atomic E-state index is 12.9. The number of carbonyl (C=O) groups is 2. The first-order chi connectivity index (χ1) is 15.3. The Labute approximate surface area is 180 Å². The number of nitrogens with zero attached hydrogens (tertiary/aromatic N) is 4. The molecule has 2 aromatic heterocycles. The molecule has 0 saturated heterocycles. The van der Waals surface area contributed by atoms with E-state index in [4.69, 9.17) is 0 Å². The van der Waals surface area contributed by atoms with Gasteiger partial charge in [0.2, 0.25) is 5.91 Å². The van der Waals surface area contributed by atoms with Gasteiger partial charge in [-0.3, -0.25) is 19.1 Å². The number of hydrogen-bond acceptors (Lipinski definition) is 6. The summed E-state index contributed by atoms with van der Waals surface area (Å²) >= 11 is 0. The first kappa shape index (κ1) is 20.8. The summed E-state index contributed by atoms with van der Waals surface area (Å²) in [5.41, 5.74) is -0.354. The number of rotatable bonds is 5. The summed E-state index contributed by atoms with van der Waals surface area (Å²) in [6.07, 6.45) is 0. The number of carboxylic acids is 1. The van der Waals surface area contributed by atoms with Gasteiger partial charge in [0, 0.05) is 12.4 Å². The van der Waals surface area contributed by atoms with Crippen LogP contribution in [0, 0.1) is 6.92 Å². The molecule has 0 fully saturated rings. The lowest BCUT2D eigenvalue weighted by atomic mass is 10.1. The maximum Gasteiger partial charge on any atom is 0.295 e. The fourth-order valence-electron chi connectivity index (χ4n) is 3.52. The van der Waals surface area contributed by atoms with Crippen molar-refractivity contribution in [2.24, 2.45) is 7.05 Å². The van der Waals surface area contributed by atoms with E-state index in [1.54, 1.807) is 55.1 Å². The van der Waals surface area contributed by atoms with Gasteiger partial charge >= 0.3 is 0 Å². The number of carboxylic acid groups (broad SMARTS) is 1. The number of anilines is 1. The number of carbonyl (C=O) groups excluding carboxylic acids is 2. The molecule has 4 aromatic rings. The van der Waals surface area contributed by atoms with Crippen LogP contribution in [0.4, 0.5) is 5.69 Å². The Balaban J connectivity index is 1.70. The summed E-state index contributed by atoms with van der Waals surface area (Å²) in [4.78, 5) is 49.8. The van der Waals surface area contributed by atoms with E-state index in [0.29, 0.717) is 11.4 Å². The molecular formula is C22H18N5O5-. The van der Waals surface area contributed by atoms with E-state index in [2.05, 4.69) is 10.4 Å². The van der Waals surface area contributed by atoms with Crippen LogP contribution in [0.15, 0.2) is 64.2 Å². The first-order valence-electron chi connectivity index (χ1n) is 9.64. The highest BCUT2D eigenvalue weighted by Crippen LogP contribution is 2.15. The van der Waals surface area contributed by atoms with Crippen molar-refractivity contribution in [3.8, 4) is 5.69 Å². The summed E-state index contributed by atoms with van der Waals surface area (Å²) in [6, 6.07) is 14.9. The van der Waals surface area contributed by atoms with Crippen LogP contribution >= 0.6 is 0 Å². The van der Waals surface area contributed by atoms with E-state index in [1.807, 2.05) is 6.07 Å². The molecule has 1 amide bonds. The Morgan fingerprint density at radius 1 is 0.969 bits per heavy atom. The average Bonchev–Trinajstić information content (AvgIpc) is 2.99. The van der Waals surface area contributed by atoms with Crippen molar-refractivity contribution in [3.05, 3.63) is 86.7 Å². The van der Waals surface area contributed by atoms with Crippen molar-refractivity contribution in [2.75, 3.05) is 5.32 Å². The van der Waals surface area contributed by atoms with Gasteiger partial charge in [-0.1, -0.05) is 36.4 Å². The molecule has 10 heteroatoms. The quantitative estimate of drug-likeness (QED) is 0.479. The normalized spacial score (nSPS) is 10.9. The minimum absolute atomic E-state index is 0.0512. The van der Waals surface area contributed by atoms with Gasteiger partial charge in [-0.2, -0.15) is 5.10 Å². The highest BCUT2D eigenvalue weighted by molar-refractivity contribution is 6.00.